The number of nitrogens with one attached hydrogen (secondary N) is 1. The fourth-order valence-corrected chi connectivity index (χ4v) is 1.40. The topological polar surface area (TPSA) is 42.0 Å². The SMILES string of the molecule is CCNC(=O)c1ccc(Br)nc1C(F)(F)F. The smallest absolute Gasteiger partial charge is 0.352 e. The van der Waals surface area contributed by atoms with Crippen LogP contribution in [0.2, 0.25) is 0 Å². The van der Waals surface area contributed by atoms with Gasteiger partial charge in [-0.25, -0.2) is 4.98 Å². The number of carbonyl (C=O) groups is 1. The number of hydrogen-bond acceptors (Lipinski definition) is 2. The van der Waals surface area contributed by atoms with Gasteiger partial charge in [-0.05, 0) is 35.0 Å². The molecule has 7 heteroatoms. The van der Waals surface area contributed by atoms with Gasteiger partial charge in [-0.2, -0.15) is 13.2 Å². The van der Waals surface area contributed by atoms with Crippen molar-refractivity contribution in [3.05, 3.63) is 28.0 Å². The van der Waals surface area contributed by atoms with Crippen LogP contribution >= 0.6 is 15.9 Å². The van der Waals surface area contributed by atoms with Crippen molar-refractivity contribution >= 4 is 21.8 Å². The van der Waals surface area contributed by atoms with Gasteiger partial charge in [0.1, 0.15) is 4.60 Å². The fraction of sp³-hybridized carbons (Fsp3) is 0.333. The van der Waals surface area contributed by atoms with E-state index in [0.717, 1.165) is 6.07 Å². The van der Waals surface area contributed by atoms with E-state index in [9.17, 15) is 18.0 Å². The summed E-state index contributed by atoms with van der Waals surface area (Å²) >= 11 is 2.83. The Hall–Kier alpha value is -1.11. The molecule has 0 aliphatic rings. The molecule has 0 aliphatic carbocycles. The summed E-state index contributed by atoms with van der Waals surface area (Å²) in [6.45, 7) is 1.88. The first-order chi connectivity index (χ1) is 7.36. The van der Waals surface area contributed by atoms with Crippen LogP contribution in [0.4, 0.5) is 13.2 Å². The molecule has 0 fully saturated rings. The molecule has 1 amide bonds. The number of hydrogen-bond donors (Lipinski definition) is 1. The molecule has 0 spiro atoms. The Labute approximate surface area is 98.2 Å². The van der Waals surface area contributed by atoms with Crippen molar-refractivity contribution in [2.24, 2.45) is 0 Å². The number of halogens is 4. The lowest BCUT2D eigenvalue weighted by Crippen LogP contribution is -2.26. The monoisotopic (exact) mass is 296 g/mol. The Morgan fingerprint density at radius 1 is 1.50 bits per heavy atom. The molecule has 0 radical (unpaired) electrons. The average molecular weight is 297 g/mol. The summed E-state index contributed by atoms with van der Waals surface area (Å²) < 4.78 is 37.7. The second-order valence-electron chi connectivity index (χ2n) is 2.89. The minimum atomic E-state index is -4.65. The summed E-state index contributed by atoms with van der Waals surface area (Å²) in [6.07, 6.45) is -4.65. The Morgan fingerprint density at radius 3 is 2.62 bits per heavy atom. The lowest BCUT2D eigenvalue weighted by molar-refractivity contribution is -0.141. The van der Waals surface area contributed by atoms with Crippen LogP contribution in [0.5, 0.6) is 0 Å². The van der Waals surface area contributed by atoms with Gasteiger partial charge in [0.2, 0.25) is 0 Å². The third kappa shape index (κ3) is 2.94. The maximum Gasteiger partial charge on any atom is 0.434 e. The fourth-order valence-electron chi connectivity index (χ4n) is 1.09. The summed E-state index contributed by atoms with van der Waals surface area (Å²) in [5.41, 5.74) is -1.66. The average Bonchev–Trinajstić information content (AvgIpc) is 2.16. The number of carbonyl (C=O) groups excluding carboxylic acids is 1. The van der Waals surface area contributed by atoms with E-state index < -0.39 is 23.3 Å². The molecular formula is C9H8BrF3N2O. The maximum absolute atomic E-state index is 12.6. The summed E-state index contributed by atoms with van der Waals surface area (Å²) in [4.78, 5) is 14.6. The molecule has 1 heterocycles. The van der Waals surface area contributed by atoms with Crippen molar-refractivity contribution in [1.29, 1.82) is 0 Å². The number of pyridine rings is 1. The van der Waals surface area contributed by atoms with E-state index in [1.54, 1.807) is 6.92 Å². The van der Waals surface area contributed by atoms with Crippen LogP contribution in [-0.4, -0.2) is 17.4 Å². The number of amides is 1. The molecule has 1 aromatic rings. The zero-order valence-corrected chi connectivity index (χ0v) is 9.82. The van der Waals surface area contributed by atoms with Gasteiger partial charge in [0.05, 0.1) is 5.56 Å². The summed E-state index contributed by atoms with van der Waals surface area (Å²) in [6, 6.07) is 2.38. The molecule has 1 aromatic heterocycles. The van der Waals surface area contributed by atoms with Gasteiger partial charge in [0.25, 0.3) is 5.91 Å². The second-order valence-corrected chi connectivity index (χ2v) is 3.70. The van der Waals surface area contributed by atoms with Crippen LogP contribution in [0.15, 0.2) is 16.7 Å². The third-order valence-electron chi connectivity index (χ3n) is 1.71. The third-order valence-corrected chi connectivity index (χ3v) is 2.15. The van der Waals surface area contributed by atoms with Crippen molar-refractivity contribution in [3.8, 4) is 0 Å². The van der Waals surface area contributed by atoms with Crippen LogP contribution in [0, 0.1) is 0 Å². The van der Waals surface area contributed by atoms with E-state index in [1.807, 2.05) is 0 Å². The first-order valence-corrected chi connectivity index (χ1v) is 5.17. The van der Waals surface area contributed by atoms with Gasteiger partial charge < -0.3 is 5.32 Å². The van der Waals surface area contributed by atoms with Crippen LogP contribution in [0.3, 0.4) is 0 Å². The van der Waals surface area contributed by atoms with E-state index in [4.69, 9.17) is 0 Å². The van der Waals surface area contributed by atoms with Crippen molar-refractivity contribution in [1.82, 2.24) is 10.3 Å². The lowest BCUT2D eigenvalue weighted by atomic mass is 10.1. The van der Waals surface area contributed by atoms with E-state index in [-0.39, 0.29) is 11.1 Å². The highest BCUT2D eigenvalue weighted by Gasteiger charge is 2.37. The summed E-state index contributed by atoms with van der Waals surface area (Å²) in [5.74, 6) is -0.783. The number of alkyl halides is 3. The number of aromatic nitrogens is 1. The molecule has 0 aliphatic heterocycles. The van der Waals surface area contributed by atoms with Crippen LogP contribution in [0.25, 0.3) is 0 Å². The normalized spacial score (nSPS) is 11.3. The molecule has 0 aromatic carbocycles. The minimum Gasteiger partial charge on any atom is -0.352 e. The zero-order valence-electron chi connectivity index (χ0n) is 8.23. The first-order valence-electron chi connectivity index (χ1n) is 4.38. The highest BCUT2D eigenvalue weighted by atomic mass is 79.9. The standard InChI is InChI=1S/C9H8BrF3N2O/c1-2-14-8(16)5-3-4-6(10)15-7(5)9(11,12)13/h3-4H,2H2,1H3,(H,14,16). The highest BCUT2D eigenvalue weighted by molar-refractivity contribution is 9.10. The van der Waals surface area contributed by atoms with Gasteiger partial charge >= 0.3 is 6.18 Å². The highest BCUT2D eigenvalue weighted by Crippen LogP contribution is 2.31. The molecule has 0 saturated carbocycles. The Morgan fingerprint density at radius 2 is 2.12 bits per heavy atom. The van der Waals surface area contributed by atoms with Crippen LogP contribution in [0.1, 0.15) is 23.0 Å². The Bertz CT molecular complexity index is 406. The van der Waals surface area contributed by atoms with E-state index >= 15 is 0 Å². The summed E-state index contributed by atoms with van der Waals surface area (Å²) in [5, 5.41) is 2.30. The van der Waals surface area contributed by atoms with Gasteiger partial charge in [-0.15, -0.1) is 0 Å². The molecule has 3 nitrogen and oxygen atoms in total. The molecule has 0 atom stereocenters. The molecular weight excluding hydrogens is 289 g/mol. The first kappa shape index (κ1) is 13.0. The molecule has 0 unspecified atom stereocenters. The van der Waals surface area contributed by atoms with Gasteiger partial charge in [-0.1, -0.05) is 0 Å². The molecule has 0 bridgehead atoms. The van der Waals surface area contributed by atoms with E-state index in [1.165, 1.54) is 6.07 Å². The predicted molar refractivity (Wildman–Crippen MR) is 54.9 cm³/mol. The Balaban J connectivity index is 3.23. The van der Waals surface area contributed by atoms with Gasteiger partial charge in [0, 0.05) is 6.54 Å². The van der Waals surface area contributed by atoms with Crippen molar-refractivity contribution in [3.63, 3.8) is 0 Å². The molecule has 1 N–H and O–H groups in total. The zero-order chi connectivity index (χ0) is 12.3. The number of nitrogens with zero attached hydrogens (tertiary/aromatic N) is 1. The van der Waals surface area contributed by atoms with Gasteiger partial charge in [-0.3, -0.25) is 4.79 Å². The van der Waals surface area contributed by atoms with Crippen molar-refractivity contribution in [2.45, 2.75) is 13.1 Å². The van der Waals surface area contributed by atoms with Crippen LogP contribution < -0.4 is 5.32 Å². The largest absolute Gasteiger partial charge is 0.434 e. The van der Waals surface area contributed by atoms with Crippen LogP contribution in [-0.2, 0) is 6.18 Å². The Kier molecular flexibility index (Phi) is 3.90. The lowest BCUT2D eigenvalue weighted by Gasteiger charge is -2.11. The quantitative estimate of drug-likeness (QED) is 0.853. The molecule has 88 valence electrons. The molecule has 1 rings (SSSR count). The van der Waals surface area contributed by atoms with Crippen molar-refractivity contribution < 1.29 is 18.0 Å². The number of rotatable bonds is 2. The minimum absolute atomic E-state index is 0.0351. The second kappa shape index (κ2) is 4.82. The van der Waals surface area contributed by atoms with Gasteiger partial charge in [0.15, 0.2) is 5.69 Å². The molecule has 0 saturated heterocycles. The summed E-state index contributed by atoms with van der Waals surface area (Å²) in [7, 11) is 0. The maximum atomic E-state index is 12.6. The molecule has 16 heavy (non-hydrogen) atoms. The van der Waals surface area contributed by atoms with Crippen molar-refractivity contribution in [2.75, 3.05) is 6.54 Å². The van der Waals surface area contributed by atoms with E-state index in [0.29, 0.717) is 0 Å². The predicted octanol–water partition coefficient (Wildman–Crippen LogP) is 2.61. The van der Waals surface area contributed by atoms with E-state index in [2.05, 4.69) is 26.2 Å².